The lowest BCUT2D eigenvalue weighted by atomic mass is 9.71. The highest BCUT2D eigenvalue weighted by atomic mass is 14.9. The van der Waals surface area contributed by atoms with E-state index in [1.165, 1.54) is 24.0 Å². The first-order valence-corrected chi connectivity index (χ1v) is 6.29. The standard InChI is InChI=1S/C15H19N/c1-11-5-2-3-6-13(11)10-16-15-9-12-7-4-8-14(12)15/h2-6,8,12,14-16H,7,9-10H2,1H3. The van der Waals surface area contributed by atoms with Gasteiger partial charge in [0.15, 0.2) is 0 Å². The minimum Gasteiger partial charge on any atom is -0.309 e. The molecule has 3 rings (SSSR count). The average Bonchev–Trinajstić information content (AvgIpc) is 2.63. The summed E-state index contributed by atoms with van der Waals surface area (Å²) in [7, 11) is 0. The molecule has 0 heterocycles. The third-order valence-corrected chi connectivity index (χ3v) is 4.18. The van der Waals surface area contributed by atoms with E-state index in [2.05, 4.69) is 48.7 Å². The molecule has 1 saturated carbocycles. The first kappa shape index (κ1) is 10.1. The number of nitrogens with one attached hydrogen (secondary N) is 1. The Balaban J connectivity index is 1.58. The Morgan fingerprint density at radius 2 is 2.19 bits per heavy atom. The summed E-state index contributed by atoms with van der Waals surface area (Å²) >= 11 is 0. The number of hydrogen-bond donors (Lipinski definition) is 1. The van der Waals surface area contributed by atoms with Gasteiger partial charge < -0.3 is 5.32 Å². The Kier molecular flexibility index (Phi) is 2.56. The van der Waals surface area contributed by atoms with Gasteiger partial charge in [0.05, 0.1) is 0 Å². The van der Waals surface area contributed by atoms with Crippen LogP contribution in [0.5, 0.6) is 0 Å². The van der Waals surface area contributed by atoms with Crippen LogP contribution >= 0.6 is 0 Å². The van der Waals surface area contributed by atoms with Crippen molar-refractivity contribution >= 4 is 0 Å². The van der Waals surface area contributed by atoms with Crippen molar-refractivity contribution in [3.63, 3.8) is 0 Å². The summed E-state index contributed by atoms with van der Waals surface area (Å²) in [6.07, 6.45) is 7.44. The largest absolute Gasteiger partial charge is 0.309 e. The molecule has 2 aliphatic carbocycles. The summed E-state index contributed by atoms with van der Waals surface area (Å²) in [5.41, 5.74) is 2.83. The fourth-order valence-electron chi connectivity index (χ4n) is 3.00. The third-order valence-electron chi connectivity index (χ3n) is 4.18. The normalized spacial score (nSPS) is 31.2. The molecule has 84 valence electrons. The maximum Gasteiger partial charge on any atom is 0.0210 e. The van der Waals surface area contributed by atoms with Crippen LogP contribution in [0.1, 0.15) is 24.0 Å². The van der Waals surface area contributed by atoms with Crippen molar-refractivity contribution in [1.29, 1.82) is 0 Å². The summed E-state index contributed by atoms with van der Waals surface area (Å²) in [6.45, 7) is 3.21. The molecule has 0 aromatic heterocycles. The molecule has 1 aromatic carbocycles. The van der Waals surface area contributed by atoms with E-state index < -0.39 is 0 Å². The van der Waals surface area contributed by atoms with E-state index in [1.54, 1.807) is 0 Å². The van der Waals surface area contributed by atoms with Crippen LogP contribution in [-0.4, -0.2) is 6.04 Å². The van der Waals surface area contributed by atoms with E-state index in [0.717, 1.165) is 24.4 Å². The molecule has 1 fully saturated rings. The van der Waals surface area contributed by atoms with Crippen LogP contribution in [0.25, 0.3) is 0 Å². The average molecular weight is 213 g/mol. The molecule has 3 atom stereocenters. The molecule has 16 heavy (non-hydrogen) atoms. The molecule has 1 N–H and O–H groups in total. The van der Waals surface area contributed by atoms with E-state index >= 15 is 0 Å². The molecular weight excluding hydrogens is 194 g/mol. The van der Waals surface area contributed by atoms with Gasteiger partial charge in [-0.25, -0.2) is 0 Å². The summed E-state index contributed by atoms with van der Waals surface area (Å²) in [5, 5.41) is 3.70. The van der Waals surface area contributed by atoms with Gasteiger partial charge in [-0.05, 0) is 42.7 Å². The van der Waals surface area contributed by atoms with E-state index in [0.29, 0.717) is 0 Å². The number of fused-ring (bicyclic) bond motifs is 1. The molecule has 0 spiro atoms. The fourth-order valence-corrected chi connectivity index (χ4v) is 3.00. The second kappa shape index (κ2) is 4.06. The SMILES string of the molecule is Cc1ccccc1CNC1CC2CC=CC21. The molecule has 0 bridgehead atoms. The Morgan fingerprint density at radius 1 is 1.31 bits per heavy atom. The van der Waals surface area contributed by atoms with Crippen molar-refractivity contribution in [3.05, 3.63) is 47.5 Å². The third kappa shape index (κ3) is 1.69. The highest BCUT2D eigenvalue weighted by Crippen LogP contribution is 2.42. The van der Waals surface area contributed by atoms with Crippen molar-refractivity contribution in [2.75, 3.05) is 0 Å². The lowest BCUT2D eigenvalue weighted by molar-refractivity contribution is 0.162. The van der Waals surface area contributed by atoms with Crippen LogP contribution in [0, 0.1) is 18.8 Å². The smallest absolute Gasteiger partial charge is 0.0210 e. The van der Waals surface area contributed by atoms with Gasteiger partial charge in [-0.15, -0.1) is 0 Å². The van der Waals surface area contributed by atoms with Crippen LogP contribution in [0.15, 0.2) is 36.4 Å². The molecule has 1 heteroatoms. The molecule has 0 radical (unpaired) electrons. The molecule has 2 aliphatic rings. The summed E-state index contributed by atoms with van der Waals surface area (Å²) in [4.78, 5) is 0. The summed E-state index contributed by atoms with van der Waals surface area (Å²) < 4.78 is 0. The molecule has 3 unspecified atom stereocenters. The van der Waals surface area contributed by atoms with Gasteiger partial charge in [-0.3, -0.25) is 0 Å². The minimum atomic E-state index is 0.725. The van der Waals surface area contributed by atoms with E-state index in [-0.39, 0.29) is 0 Å². The number of aryl methyl sites for hydroxylation is 1. The highest BCUT2D eigenvalue weighted by molar-refractivity contribution is 5.25. The monoisotopic (exact) mass is 213 g/mol. The zero-order valence-electron chi connectivity index (χ0n) is 9.82. The maximum absolute atomic E-state index is 3.70. The van der Waals surface area contributed by atoms with Crippen LogP contribution in [-0.2, 0) is 6.54 Å². The predicted octanol–water partition coefficient (Wildman–Crippen LogP) is 3.05. The Labute approximate surface area is 97.6 Å². The Bertz CT molecular complexity index is 408. The Morgan fingerprint density at radius 3 is 3.00 bits per heavy atom. The maximum atomic E-state index is 3.70. The van der Waals surface area contributed by atoms with Gasteiger partial charge in [0, 0.05) is 12.6 Å². The molecule has 0 amide bonds. The van der Waals surface area contributed by atoms with Gasteiger partial charge in [-0.1, -0.05) is 36.4 Å². The minimum absolute atomic E-state index is 0.725. The zero-order chi connectivity index (χ0) is 11.0. The van der Waals surface area contributed by atoms with Crippen molar-refractivity contribution in [2.45, 2.75) is 32.4 Å². The van der Waals surface area contributed by atoms with Gasteiger partial charge in [0.25, 0.3) is 0 Å². The van der Waals surface area contributed by atoms with E-state index in [9.17, 15) is 0 Å². The van der Waals surface area contributed by atoms with Crippen LogP contribution in [0.4, 0.5) is 0 Å². The zero-order valence-corrected chi connectivity index (χ0v) is 9.82. The lowest BCUT2D eigenvalue weighted by Crippen LogP contribution is -2.47. The summed E-state index contributed by atoms with van der Waals surface area (Å²) in [5.74, 6) is 1.78. The van der Waals surface area contributed by atoms with E-state index in [4.69, 9.17) is 0 Å². The second-order valence-corrected chi connectivity index (χ2v) is 5.15. The Hall–Kier alpha value is -1.08. The topological polar surface area (TPSA) is 12.0 Å². The molecule has 0 aliphatic heterocycles. The predicted molar refractivity (Wildman–Crippen MR) is 67.2 cm³/mol. The van der Waals surface area contributed by atoms with Crippen LogP contribution in [0.2, 0.25) is 0 Å². The fraction of sp³-hybridized carbons (Fsp3) is 0.467. The van der Waals surface area contributed by atoms with Crippen molar-refractivity contribution in [2.24, 2.45) is 11.8 Å². The molecular formula is C15H19N. The quantitative estimate of drug-likeness (QED) is 0.761. The number of benzene rings is 1. The lowest BCUT2D eigenvalue weighted by Gasteiger charge is -2.41. The second-order valence-electron chi connectivity index (χ2n) is 5.15. The van der Waals surface area contributed by atoms with Gasteiger partial charge in [-0.2, -0.15) is 0 Å². The molecule has 1 nitrogen and oxygen atoms in total. The number of allylic oxidation sites excluding steroid dienone is 1. The molecule has 0 saturated heterocycles. The highest BCUT2D eigenvalue weighted by Gasteiger charge is 2.40. The molecule has 1 aromatic rings. The van der Waals surface area contributed by atoms with Crippen LogP contribution in [0.3, 0.4) is 0 Å². The number of rotatable bonds is 3. The van der Waals surface area contributed by atoms with Gasteiger partial charge >= 0.3 is 0 Å². The van der Waals surface area contributed by atoms with E-state index in [1.807, 2.05) is 0 Å². The first-order chi connectivity index (χ1) is 7.84. The number of hydrogen-bond acceptors (Lipinski definition) is 1. The van der Waals surface area contributed by atoms with Gasteiger partial charge in [0.1, 0.15) is 0 Å². The van der Waals surface area contributed by atoms with Crippen molar-refractivity contribution in [3.8, 4) is 0 Å². The van der Waals surface area contributed by atoms with Crippen molar-refractivity contribution in [1.82, 2.24) is 5.32 Å². The van der Waals surface area contributed by atoms with Gasteiger partial charge in [0.2, 0.25) is 0 Å². The summed E-state index contributed by atoms with van der Waals surface area (Å²) in [6, 6.07) is 9.38. The first-order valence-electron chi connectivity index (χ1n) is 6.29. The van der Waals surface area contributed by atoms with Crippen LogP contribution < -0.4 is 5.32 Å². The van der Waals surface area contributed by atoms with Crippen molar-refractivity contribution < 1.29 is 0 Å².